The highest BCUT2D eigenvalue weighted by Crippen LogP contribution is 2.30. The largest absolute Gasteiger partial charge is 0.480 e. The summed E-state index contributed by atoms with van der Waals surface area (Å²) in [4.78, 5) is 32.4. The van der Waals surface area contributed by atoms with Gasteiger partial charge in [0.25, 0.3) is 5.69 Å². The molecule has 0 radical (unpaired) electrons. The molecule has 0 aliphatic heterocycles. The van der Waals surface area contributed by atoms with Crippen molar-refractivity contribution in [2.24, 2.45) is 0 Å². The van der Waals surface area contributed by atoms with Crippen molar-refractivity contribution in [3.05, 3.63) is 39.7 Å². The minimum Gasteiger partial charge on any atom is -0.480 e. The van der Waals surface area contributed by atoms with Gasteiger partial charge in [-0.1, -0.05) is 6.07 Å². The molecule has 8 heteroatoms. The predicted octanol–water partition coefficient (Wildman–Crippen LogP) is 1.47. The Labute approximate surface area is 106 Å². The van der Waals surface area contributed by atoms with Gasteiger partial charge in [0.15, 0.2) is 5.92 Å². The van der Waals surface area contributed by atoms with E-state index in [2.05, 4.69) is 4.74 Å². The van der Waals surface area contributed by atoms with Crippen molar-refractivity contribution in [1.29, 1.82) is 0 Å². The standard InChI is InChI=1S/C11H10FNO6/c1-2-19-11(16)9(10(14)15)8-6(12)4-3-5-7(8)13(17)18/h3-5,9H,2H2,1H3,(H,14,15). The molecule has 0 fully saturated rings. The molecule has 0 aliphatic rings. The number of nitro groups is 1. The second-order valence-corrected chi connectivity index (χ2v) is 3.45. The number of rotatable bonds is 5. The zero-order valence-electron chi connectivity index (χ0n) is 9.83. The fourth-order valence-corrected chi connectivity index (χ4v) is 1.54. The lowest BCUT2D eigenvalue weighted by atomic mass is 9.97. The number of aliphatic carboxylic acids is 1. The molecular formula is C11H10FNO6. The van der Waals surface area contributed by atoms with E-state index in [0.717, 1.165) is 18.2 Å². The second kappa shape index (κ2) is 5.89. The number of carbonyl (C=O) groups excluding carboxylic acids is 1. The van der Waals surface area contributed by atoms with Crippen molar-refractivity contribution in [3.8, 4) is 0 Å². The number of hydrogen-bond acceptors (Lipinski definition) is 5. The molecule has 1 N–H and O–H groups in total. The van der Waals surface area contributed by atoms with Gasteiger partial charge in [0, 0.05) is 6.07 Å². The number of benzene rings is 1. The van der Waals surface area contributed by atoms with Crippen LogP contribution in [0.25, 0.3) is 0 Å². The first-order chi connectivity index (χ1) is 8.90. The maximum atomic E-state index is 13.6. The molecule has 1 aromatic rings. The molecule has 0 amide bonds. The van der Waals surface area contributed by atoms with E-state index in [9.17, 15) is 24.1 Å². The molecule has 1 atom stereocenters. The van der Waals surface area contributed by atoms with Crippen molar-refractivity contribution >= 4 is 17.6 Å². The predicted molar refractivity (Wildman–Crippen MR) is 60.1 cm³/mol. The number of esters is 1. The maximum Gasteiger partial charge on any atom is 0.325 e. The van der Waals surface area contributed by atoms with Gasteiger partial charge in [-0.3, -0.25) is 19.7 Å². The lowest BCUT2D eigenvalue weighted by Crippen LogP contribution is -2.25. The van der Waals surface area contributed by atoms with E-state index in [-0.39, 0.29) is 6.61 Å². The fraction of sp³-hybridized carbons (Fsp3) is 0.273. The minimum absolute atomic E-state index is 0.120. The SMILES string of the molecule is CCOC(=O)C(C(=O)O)c1c(F)cccc1[N+](=O)[O-]. The van der Waals surface area contributed by atoms with E-state index in [1.54, 1.807) is 0 Å². The summed E-state index contributed by atoms with van der Waals surface area (Å²) in [5, 5.41) is 19.7. The van der Waals surface area contributed by atoms with Crippen molar-refractivity contribution in [1.82, 2.24) is 0 Å². The lowest BCUT2D eigenvalue weighted by molar-refractivity contribution is -0.385. The van der Waals surface area contributed by atoms with Gasteiger partial charge in [-0.15, -0.1) is 0 Å². The summed E-state index contributed by atoms with van der Waals surface area (Å²) in [5.41, 5.74) is -1.58. The van der Waals surface area contributed by atoms with Crippen LogP contribution in [0.2, 0.25) is 0 Å². The van der Waals surface area contributed by atoms with E-state index in [0.29, 0.717) is 0 Å². The number of carboxylic acid groups (broad SMARTS) is 1. The third kappa shape index (κ3) is 3.03. The molecule has 0 saturated heterocycles. The molecule has 0 heterocycles. The fourth-order valence-electron chi connectivity index (χ4n) is 1.54. The average Bonchev–Trinajstić information content (AvgIpc) is 2.31. The normalized spacial score (nSPS) is 11.7. The topological polar surface area (TPSA) is 107 Å². The Balaban J connectivity index is 3.42. The van der Waals surface area contributed by atoms with Gasteiger partial charge < -0.3 is 9.84 Å². The summed E-state index contributed by atoms with van der Waals surface area (Å²) in [7, 11) is 0. The second-order valence-electron chi connectivity index (χ2n) is 3.45. The van der Waals surface area contributed by atoms with Crippen LogP contribution in [-0.2, 0) is 14.3 Å². The summed E-state index contributed by atoms with van der Waals surface area (Å²) in [6.45, 7) is 1.32. The van der Waals surface area contributed by atoms with Crippen LogP contribution in [-0.4, -0.2) is 28.6 Å². The van der Waals surface area contributed by atoms with Gasteiger partial charge in [-0.25, -0.2) is 4.39 Å². The van der Waals surface area contributed by atoms with E-state index in [1.165, 1.54) is 6.92 Å². The summed E-state index contributed by atoms with van der Waals surface area (Å²) in [6.07, 6.45) is 0. The summed E-state index contributed by atoms with van der Waals surface area (Å²) in [6, 6.07) is 2.83. The number of carboxylic acids is 1. The Hall–Kier alpha value is -2.51. The van der Waals surface area contributed by atoms with Crippen LogP contribution in [0.5, 0.6) is 0 Å². The van der Waals surface area contributed by atoms with Crippen LogP contribution in [0.15, 0.2) is 18.2 Å². The molecule has 7 nitrogen and oxygen atoms in total. The summed E-state index contributed by atoms with van der Waals surface area (Å²) >= 11 is 0. The number of hydrogen-bond donors (Lipinski definition) is 1. The molecule has 19 heavy (non-hydrogen) atoms. The molecule has 1 aromatic carbocycles. The van der Waals surface area contributed by atoms with Crippen molar-refractivity contribution in [3.63, 3.8) is 0 Å². The van der Waals surface area contributed by atoms with Crippen LogP contribution in [0.3, 0.4) is 0 Å². The van der Waals surface area contributed by atoms with Gasteiger partial charge in [-0.2, -0.15) is 0 Å². The Bertz CT molecular complexity index is 530. The number of ether oxygens (including phenoxy) is 1. The van der Waals surface area contributed by atoms with Crippen molar-refractivity contribution in [2.45, 2.75) is 12.8 Å². The Morgan fingerprint density at radius 1 is 1.53 bits per heavy atom. The zero-order valence-corrected chi connectivity index (χ0v) is 9.83. The van der Waals surface area contributed by atoms with Crippen molar-refractivity contribution < 1.29 is 28.7 Å². The summed E-state index contributed by atoms with van der Waals surface area (Å²) in [5.74, 6) is -6.17. The molecule has 1 rings (SSSR count). The highest BCUT2D eigenvalue weighted by Gasteiger charge is 2.38. The van der Waals surface area contributed by atoms with Crippen LogP contribution in [0, 0.1) is 15.9 Å². The van der Waals surface area contributed by atoms with Gasteiger partial charge in [0.1, 0.15) is 5.82 Å². The van der Waals surface area contributed by atoms with Crippen LogP contribution in [0.1, 0.15) is 18.4 Å². The molecule has 0 spiro atoms. The van der Waals surface area contributed by atoms with Gasteiger partial charge in [0.05, 0.1) is 17.1 Å². The van der Waals surface area contributed by atoms with E-state index >= 15 is 0 Å². The van der Waals surface area contributed by atoms with Crippen molar-refractivity contribution in [2.75, 3.05) is 6.61 Å². The van der Waals surface area contributed by atoms with E-state index < -0.39 is 39.8 Å². The van der Waals surface area contributed by atoms with Gasteiger partial charge in [0.2, 0.25) is 0 Å². The Kier molecular flexibility index (Phi) is 4.51. The third-order valence-corrected chi connectivity index (χ3v) is 2.28. The zero-order chi connectivity index (χ0) is 14.6. The quantitative estimate of drug-likeness (QED) is 0.376. The Morgan fingerprint density at radius 2 is 2.16 bits per heavy atom. The van der Waals surface area contributed by atoms with E-state index in [1.807, 2.05) is 0 Å². The number of nitrogens with zero attached hydrogens (tertiary/aromatic N) is 1. The third-order valence-electron chi connectivity index (χ3n) is 2.28. The van der Waals surface area contributed by atoms with Gasteiger partial charge in [-0.05, 0) is 13.0 Å². The van der Waals surface area contributed by atoms with Crippen LogP contribution >= 0.6 is 0 Å². The molecule has 0 bridgehead atoms. The first kappa shape index (κ1) is 14.6. The molecule has 0 aromatic heterocycles. The highest BCUT2D eigenvalue weighted by molar-refractivity contribution is 6.01. The van der Waals surface area contributed by atoms with E-state index in [4.69, 9.17) is 5.11 Å². The average molecular weight is 271 g/mol. The smallest absolute Gasteiger partial charge is 0.325 e. The number of carbonyl (C=O) groups is 2. The molecular weight excluding hydrogens is 261 g/mol. The lowest BCUT2D eigenvalue weighted by Gasteiger charge is -2.12. The first-order valence-electron chi connectivity index (χ1n) is 5.22. The Morgan fingerprint density at radius 3 is 2.63 bits per heavy atom. The number of nitro benzene ring substituents is 1. The first-order valence-corrected chi connectivity index (χ1v) is 5.22. The van der Waals surface area contributed by atoms with Crippen LogP contribution < -0.4 is 0 Å². The van der Waals surface area contributed by atoms with Gasteiger partial charge >= 0.3 is 11.9 Å². The summed E-state index contributed by atoms with van der Waals surface area (Å²) < 4.78 is 18.1. The molecule has 1 unspecified atom stereocenters. The maximum absolute atomic E-state index is 13.6. The minimum atomic E-state index is -2.07. The molecule has 0 aliphatic carbocycles. The van der Waals surface area contributed by atoms with Crippen LogP contribution in [0.4, 0.5) is 10.1 Å². The number of halogens is 1. The molecule has 102 valence electrons. The highest BCUT2D eigenvalue weighted by atomic mass is 19.1. The monoisotopic (exact) mass is 271 g/mol. The molecule has 0 saturated carbocycles.